The number of rotatable bonds is 9. The van der Waals surface area contributed by atoms with E-state index in [1.165, 1.54) is 6.07 Å². The number of methoxy groups -OCH3 is 1. The molecule has 1 aromatic heterocycles. The molecule has 5 rings (SSSR count). The number of hydrogen-bond donors (Lipinski definition) is 2. The normalized spacial score (nSPS) is 12.2. The third kappa shape index (κ3) is 6.26. The summed E-state index contributed by atoms with van der Waals surface area (Å²) in [6, 6.07) is 22.0. The van der Waals surface area contributed by atoms with Crippen LogP contribution in [0.25, 0.3) is 33.3 Å². The molecule has 2 N–H and O–H groups in total. The second kappa shape index (κ2) is 12.2. The summed E-state index contributed by atoms with van der Waals surface area (Å²) in [4.78, 5) is 23.1. The van der Waals surface area contributed by atoms with Crippen LogP contribution >= 0.6 is 0 Å². The molecule has 44 heavy (non-hydrogen) atoms. The predicted octanol–water partition coefficient (Wildman–Crippen LogP) is 7.35. The number of carbonyl (C=O) groups excluding carboxylic acids is 1. The molecule has 0 spiro atoms. The number of nitrogens with zero attached hydrogens (tertiary/aromatic N) is 2. The van der Waals surface area contributed by atoms with Crippen LogP contribution in [0, 0.1) is 5.82 Å². The van der Waals surface area contributed by atoms with Crippen molar-refractivity contribution in [3.63, 3.8) is 0 Å². The first-order chi connectivity index (χ1) is 21.0. The lowest BCUT2D eigenvalue weighted by Gasteiger charge is -2.15. The average molecular weight is 606 g/mol. The number of fused-ring (bicyclic) bond motifs is 1. The van der Waals surface area contributed by atoms with Crippen LogP contribution in [0.1, 0.15) is 40.9 Å². The van der Waals surface area contributed by atoms with Crippen LogP contribution in [0.2, 0.25) is 0 Å². The van der Waals surface area contributed by atoms with E-state index in [2.05, 4.69) is 5.32 Å². The monoisotopic (exact) mass is 605 g/mol. The Morgan fingerprint density at radius 3 is 2.23 bits per heavy atom. The van der Waals surface area contributed by atoms with Gasteiger partial charge >= 0.3 is 12.1 Å². The smallest absolute Gasteiger partial charge is 0.419 e. The zero-order valence-electron chi connectivity index (χ0n) is 23.7. The molecular formula is C33H27F4N3O4. The number of carbonyl (C=O) groups is 2. The van der Waals surface area contributed by atoms with Crippen LogP contribution in [0.3, 0.4) is 0 Å². The SMILES string of the molecule is COc1ccc(-c2ccc3c(-c4ccc(F)c(C(F)(F)F)c4)nn([C@@H](C)c4ccc(C(=O)NCCC(=O)O)cc4)c3c2)cc1. The summed E-state index contributed by atoms with van der Waals surface area (Å²) in [6.45, 7) is 1.86. The minimum absolute atomic E-state index is 0.00958. The number of benzene rings is 4. The summed E-state index contributed by atoms with van der Waals surface area (Å²) >= 11 is 0. The van der Waals surface area contributed by atoms with E-state index in [-0.39, 0.29) is 24.2 Å². The highest BCUT2D eigenvalue weighted by Gasteiger charge is 2.34. The van der Waals surface area contributed by atoms with Crippen molar-refractivity contribution in [3.8, 4) is 28.1 Å². The molecule has 0 saturated carbocycles. The molecule has 0 aliphatic carbocycles. The number of aromatic nitrogens is 2. The summed E-state index contributed by atoms with van der Waals surface area (Å²) in [5.41, 5.74) is 2.44. The van der Waals surface area contributed by atoms with Crippen molar-refractivity contribution < 1.29 is 37.0 Å². The molecule has 7 nitrogen and oxygen atoms in total. The van der Waals surface area contributed by atoms with E-state index in [0.717, 1.165) is 28.8 Å². The molecular weight excluding hydrogens is 578 g/mol. The number of alkyl halides is 3. The number of hydrogen-bond acceptors (Lipinski definition) is 4. The van der Waals surface area contributed by atoms with Crippen molar-refractivity contribution in [1.82, 2.24) is 15.1 Å². The summed E-state index contributed by atoms with van der Waals surface area (Å²) in [6.07, 6.45) is -5.08. The van der Waals surface area contributed by atoms with E-state index in [9.17, 15) is 27.2 Å². The van der Waals surface area contributed by atoms with E-state index in [0.29, 0.717) is 22.2 Å². The Kier molecular flexibility index (Phi) is 8.39. The van der Waals surface area contributed by atoms with Gasteiger partial charge in [-0.2, -0.15) is 18.3 Å². The third-order valence-electron chi connectivity index (χ3n) is 7.32. The molecule has 4 aromatic carbocycles. The van der Waals surface area contributed by atoms with Crippen molar-refractivity contribution >= 4 is 22.8 Å². The van der Waals surface area contributed by atoms with E-state index in [1.807, 2.05) is 43.3 Å². The Bertz CT molecular complexity index is 1830. The van der Waals surface area contributed by atoms with E-state index in [1.54, 1.807) is 42.1 Å². The molecule has 0 aliphatic rings. The Balaban J connectivity index is 1.58. The maximum Gasteiger partial charge on any atom is 0.419 e. The Labute approximate surface area is 249 Å². The lowest BCUT2D eigenvalue weighted by Crippen LogP contribution is -2.26. The Morgan fingerprint density at radius 1 is 0.932 bits per heavy atom. The van der Waals surface area contributed by atoms with Crippen LogP contribution in [-0.2, 0) is 11.0 Å². The summed E-state index contributed by atoms with van der Waals surface area (Å²) in [5.74, 6) is -2.12. The quantitative estimate of drug-likeness (QED) is 0.171. The maximum absolute atomic E-state index is 14.1. The van der Waals surface area contributed by atoms with Gasteiger partial charge in [0, 0.05) is 23.1 Å². The number of ether oxygens (including phenoxy) is 1. The molecule has 1 amide bonds. The number of aliphatic carboxylic acids is 1. The standard InChI is InChI=1S/C33H27F4N3O4/c1-19(20-3-5-22(6-4-20)32(43)38-16-15-30(41)42)40-29-18-23(21-7-11-25(44-2)12-8-21)9-13-26(29)31(39-40)24-10-14-28(34)27(17-24)33(35,36)37/h3-14,17-19H,15-16H2,1-2H3,(H,38,43)(H,41,42)/t19-/m0/s1. The van der Waals surface area contributed by atoms with Gasteiger partial charge in [-0.3, -0.25) is 14.3 Å². The summed E-state index contributed by atoms with van der Waals surface area (Å²) < 4.78 is 61.8. The molecule has 1 heterocycles. The molecule has 226 valence electrons. The topological polar surface area (TPSA) is 93.5 Å². The third-order valence-corrected chi connectivity index (χ3v) is 7.32. The van der Waals surface area contributed by atoms with E-state index < -0.39 is 35.5 Å². The van der Waals surface area contributed by atoms with Crippen molar-refractivity contribution in [3.05, 3.63) is 107 Å². The number of amides is 1. The van der Waals surface area contributed by atoms with Gasteiger partial charge in [0.15, 0.2) is 0 Å². The van der Waals surface area contributed by atoms with Gasteiger partial charge in [-0.25, -0.2) is 4.39 Å². The first-order valence-electron chi connectivity index (χ1n) is 13.6. The van der Waals surface area contributed by atoms with Crippen LogP contribution in [0.5, 0.6) is 5.75 Å². The van der Waals surface area contributed by atoms with Crippen molar-refractivity contribution in [1.29, 1.82) is 0 Å². The summed E-state index contributed by atoms with van der Waals surface area (Å²) in [5, 5.41) is 16.6. The fourth-order valence-electron chi connectivity index (χ4n) is 4.94. The zero-order valence-corrected chi connectivity index (χ0v) is 23.7. The van der Waals surface area contributed by atoms with Crippen molar-refractivity contribution in [2.24, 2.45) is 0 Å². The predicted molar refractivity (Wildman–Crippen MR) is 157 cm³/mol. The lowest BCUT2D eigenvalue weighted by molar-refractivity contribution is -0.140. The minimum Gasteiger partial charge on any atom is -0.497 e. The van der Waals surface area contributed by atoms with Gasteiger partial charge < -0.3 is 15.2 Å². The highest BCUT2D eigenvalue weighted by molar-refractivity contribution is 5.96. The van der Waals surface area contributed by atoms with E-state index >= 15 is 0 Å². The van der Waals surface area contributed by atoms with Gasteiger partial charge in [0.05, 0.1) is 30.7 Å². The second-order valence-electron chi connectivity index (χ2n) is 10.1. The average Bonchev–Trinajstić information content (AvgIpc) is 3.39. The molecule has 0 bridgehead atoms. The van der Waals surface area contributed by atoms with Crippen LogP contribution in [0.15, 0.2) is 84.9 Å². The van der Waals surface area contributed by atoms with Gasteiger partial charge in [-0.1, -0.05) is 30.3 Å². The number of halogens is 4. The first kappa shape index (κ1) is 30.3. The molecule has 5 aromatic rings. The van der Waals surface area contributed by atoms with Gasteiger partial charge in [0.2, 0.25) is 0 Å². The minimum atomic E-state index is -4.88. The van der Waals surface area contributed by atoms with Gasteiger partial charge in [-0.15, -0.1) is 0 Å². The number of carboxylic acid groups (broad SMARTS) is 1. The number of nitrogens with one attached hydrogen (secondary N) is 1. The van der Waals surface area contributed by atoms with Crippen LogP contribution in [0.4, 0.5) is 17.6 Å². The molecule has 0 radical (unpaired) electrons. The van der Waals surface area contributed by atoms with E-state index in [4.69, 9.17) is 14.9 Å². The summed E-state index contributed by atoms with van der Waals surface area (Å²) in [7, 11) is 1.57. The molecule has 0 unspecified atom stereocenters. The fraction of sp³-hybridized carbons (Fsp3) is 0.182. The molecule has 11 heteroatoms. The Morgan fingerprint density at radius 2 is 1.59 bits per heavy atom. The van der Waals surface area contributed by atoms with Gasteiger partial charge in [-0.05, 0) is 78.2 Å². The Hall–Kier alpha value is -5.19. The highest BCUT2D eigenvalue weighted by Crippen LogP contribution is 2.38. The van der Waals surface area contributed by atoms with Crippen LogP contribution in [-0.4, -0.2) is 40.4 Å². The largest absolute Gasteiger partial charge is 0.497 e. The van der Waals surface area contributed by atoms with Gasteiger partial charge in [0.1, 0.15) is 17.3 Å². The lowest BCUT2D eigenvalue weighted by atomic mass is 10.0. The highest BCUT2D eigenvalue weighted by atomic mass is 19.4. The second-order valence-corrected chi connectivity index (χ2v) is 10.1. The molecule has 0 saturated heterocycles. The van der Waals surface area contributed by atoms with Crippen molar-refractivity contribution in [2.45, 2.75) is 25.6 Å². The maximum atomic E-state index is 14.1. The van der Waals surface area contributed by atoms with Crippen LogP contribution < -0.4 is 10.1 Å². The molecule has 0 aliphatic heterocycles. The first-order valence-corrected chi connectivity index (χ1v) is 13.6. The van der Waals surface area contributed by atoms with Gasteiger partial charge in [0.25, 0.3) is 5.91 Å². The molecule has 1 atom stereocenters. The fourth-order valence-corrected chi connectivity index (χ4v) is 4.94. The molecule has 0 fully saturated rings. The number of carboxylic acids is 1. The zero-order chi connectivity index (χ0) is 31.6. The van der Waals surface area contributed by atoms with Crippen molar-refractivity contribution in [2.75, 3.05) is 13.7 Å².